The first-order valence-electron chi connectivity index (χ1n) is 7.38. The first kappa shape index (κ1) is 15.4. The Bertz CT molecular complexity index is 817. The molecule has 1 aromatic heterocycles. The molecule has 0 amide bonds. The Hall–Kier alpha value is -2.52. The second-order valence-electron chi connectivity index (χ2n) is 5.45. The topological polar surface area (TPSA) is 20.5 Å². The van der Waals surface area contributed by atoms with Gasteiger partial charge in [0.25, 0.3) is 0 Å². The number of rotatable bonds is 4. The van der Waals surface area contributed by atoms with Crippen LogP contribution in [0.5, 0.6) is 0 Å². The van der Waals surface area contributed by atoms with Crippen molar-refractivity contribution in [2.45, 2.75) is 0 Å². The van der Waals surface area contributed by atoms with Gasteiger partial charge >= 0.3 is 0 Å². The lowest BCUT2D eigenvalue weighted by Crippen LogP contribution is -2.08. The van der Waals surface area contributed by atoms with Crippen LogP contribution in [0, 0.1) is 0 Å². The molecule has 0 saturated carbocycles. The molecular formula is C19H18ClN3. The van der Waals surface area contributed by atoms with Gasteiger partial charge in [0.2, 0.25) is 0 Å². The fourth-order valence-corrected chi connectivity index (χ4v) is 2.53. The number of halogens is 1. The van der Waals surface area contributed by atoms with Crippen LogP contribution in [0.15, 0.2) is 71.9 Å². The van der Waals surface area contributed by atoms with Gasteiger partial charge in [-0.05, 0) is 54.6 Å². The van der Waals surface area contributed by atoms with Gasteiger partial charge in [0.05, 0.1) is 17.6 Å². The van der Waals surface area contributed by atoms with Gasteiger partial charge in [-0.3, -0.25) is 4.99 Å². The third-order valence-corrected chi connectivity index (χ3v) is 3.81. The average Bonchev–Trinajstić information content (AvgIpc) is 3.01. The van der Waals surface area contributed by atoms with Crippen molar-refractivity contribution in [1.29, 1.82) is 0 Å². The Morgan fingerprint density at radius 3 is 2.48 bits per heavy atom. The van der Waals surface area contributed by atoms with Gasteiger partial charge in [-0.1, -0.05) is 17.7 Å². The fourth-order valence-electron chi connectivity index (χ4n) is 2.34. The lowest BCUT2D eigenvalue weighted by Gasteiger charge is -2.13. The second kappa shape index (κ2) is 6.71. The van der Waals surface area contributed by atoms with Gasteiger partial charge in [-0.25, -0.2) is 0 Å². The van der Waals surface area contributed by atoms with Crippen LogP contribution in [-0.2, 0) is 0 Å². The third kappa shape index (κ3) is 3.63. The number of benzene rings is 2. The lowest BCUT2D eigenvalue weighted by atomic mass is 10.2. The quantitative estimate of drug-likeness (QED) is 0.622. The van der Waals surface area contributed by atoms with Gasteiger partial charge in [0.1, 0.15) is 0 Å². The molecule has 0 bridgehead atoms. The van der Waals surface area contributed by atoms with Crippen LogP contribution in [0.3, 0.4) is 0 Å². The molecule has 3 rings (SSSR count). The Kier molecular flexibility index (Phi) is 4.49. The van der Waals surface area contributed by atoms with Crippen molar-refractivity contribution in [1.82, 2.24) is 4.57 Å². The van der Waals surface area contributed by atoms with E-state index in [0.717, 1.165) is 17.1 Å². The van der Waals surface area contributed by atoms with Crippen LogP contribution in [0.4, 0.5) is 11.4 Å². The first-order valence-corrected chi connectivity index (χ1v) is 7.76. The van der Waals surface area contributed by atoms with Crippen molar-refractivity contribution in [3.63, 3.8) is 0 Å². The molecule has 116 valence electrons. The molecule has 0 N–H and O–H groups in total. The van der Waals surface area contributed by atoms with E-state index in [-0.39, 0.29) is 0 Å². The van der Waals surface area contributed by atoms with E-state index in [1.54, 1.807) is 0 Å². The minimum Gasteiger partial charge on any atom is -0.378 e. The molecule has 23 heavy (non-hydrogen) atoms. The zero-order chi connectivity index (χ0) is 16.2. The number of aliphatic imine (C=N–C) groups is 1. The fraction of sp³-hybridized carbons (Fsp3) is 0.105. The summed E-state index contributed by atoms with van der Waals surface area (Å²) in [4.78, 5) is 6.59. The highest BCUT2D eigenvalue weighted by Crippen LogP contribution is 2.19. The highest BCUT2D eigenvalue weighted by molar-refractivity contribution is 6.30. The normalized spacial score (nSPS) is 11.1. The molecule has 0 aliphatic carbocycles. The van der Waals surface area contributed by atoms with Gasteiger partial charge < -0.3 is 9.47 Å². The zero-order valence-corrected chi connectivity index (χ0v) is 13.9. The number of anilines is 1. The SMILES string of the molecule is CN(C)c1ccc(-n2cccc2C=Nc2cccc(Cl)c2)cc1. The molecule has 0 aliphatic heterocycles. The standard InChI is InChI=1S/C19H18ClN3/c1-22(2)17-8-10-18(11-9-17)23-12-4-7-19(23)14-21-16-6-3-5-15(20)13-16/h3-14H,1-2H3. The molecule has 1 heterocycles. The summed E-state index contributed by atoms with van der Waals surface area (Å²) in [5.74, 6) is 0. The van der Waals surface area contributed by atoms with Crippen LogP contribution in [0.25, 0.3) is 5.69 Å². The average molecular weight is 324 g/mol. The first-order chi connectivity index (χ1) is 11.1. The van der Waals surface area contributed by atoms with Crippen LogP contribution in [-0.4, -0.2) is 24.9 Å². The molecule has 0 spiro atoms. The number of hydrogen-bond acceptors (Lipinski definition) is 2. The van der Waals surface area contributed by atoms with Crippen molar-refractivity contribution in [3.8, 4) is 5.69 Å². The van der Waals surface area contributed by atoms with E-state index in [1.807, 2.05) is 62.9 Å². The summed E-state index contributed by atoms with van der Waals surface area (Å²) >= 11 is 5.99. The summed E-state index contributed by atoms with van der Waals surface area (Å²) in [6, 6.07) is 20.0. The van der Waals surface area contributed by atoms with E-state index >= 15 is 0 Å². The van der Waals surface area contributed by atoms with Gasteiger partial charge in [-0.2, -0.15) is 0 Å². The highest BCUT2D eigenvalue weighted by atomic mass is 35.5. The molecule has 0 saturated heterocycles. The second-order valence-corrected chi connectivity index (χ2v) is 5.89. The molecule has 3 aromatic rings. The molecule has 0 atom stereocenters. The van der Waals surface area contributed by atoms with E-state index < -0.39 is 0 Å². The summed E-state index contributed by atoms with van der Waals surface area (Å²) in [5, 5.41) is 0.689. The Labute approximate surface area is 141 Å². The summed E-state index contributed by atoms with van der Waals surface area (Å²) in [7, 11) is 4.07. The van der Waals surface area contributed by atoms with Crippen molar-refractivity contribution in [2.24, 2.45) is 4.99 Å². The number of aromatic nitrogens is 1. The Morgan fingerprint density at radius 1 is 1.00 bits per heavy atom. The molecule has 0 unspecified atom stereocenters. The molecule has 4 heteroatoms. The van der Waals surface area contributed by atoms with Crippen LogP contribution in [0.2, 0.25) is 5.02 Å². The summed E-state index contributed by atoms with van der Waals surface area (Å²) in [6.07, 6.45) is 3.88. The van der Waals surface area contributed by atoms with Crippen molar-refractivity contribution in [2.75, 3.05) is 19.0 Å². The van der Waals surface area contributed by atoms with Crippen molar-refractivity contribution < 1.29 is 0 Å². The minimum absolute atomic E-state index is 0.689. The lowest BCUT2D eigenvalue weighted by molar-refractivity contribution is 1.06. The third-order valence-electron chi connectivity index (χ3n) is 3.58. The predicted octanol–water partition coefficient (Wildman–Crippen LogP) is 4.95. The maximum absolute atomic E-state index is 5.99. The largest absolute Gasteiger partial charge is 0.378 e. The molecule has 0 fully saturated rings. The molecule has 0 aliphatic rings. The maximum Gasteiger partial charge on any atom is 0.0645 e. The van der Waals surface area contributed by atoms with E-state index in [9.17, 15) is 0 Å². The van der Waals surface area contributed by atoms with Crippen LogP contribution in [0.1, 0.15) is 5.69 Å². The number of nitrogens with zero attached hydrogens (tertiary/aromatic N) is 3. The van der Waals surface area contributed by atoms with E-state index in [2.05, 4.69) is 38.7 Å². The number of hydrogen-bond donors (Lipinski definition) is 0. The van der Waals surface area contributed by atoms with E-state index in [0.29, 0.717) is 5.02 Å². The smallest absolute Gasteiger partial charge is 0.0645 e. The van der Waals surface area contributed by atoms with Crippen molar-refractivity contribution in [3.05, 3.63) is 77.6 Å². The molecule has 2 aromatic carbocycles. The monoisotopic (exact) mass is 323 g/mol. The Morgan fingerprint density at radius 2 is 1.78 bits per heavy atom. The minimum atomic E-state index is 0.689. The van der Waals surface area contributed by atoms with Gasteiger partial charge in [0.15, 0.2) is 0 Å². The summed E-state index contributed by atoms with van der Waals surface area (Å²) in [6.45, 7) is 0. The van der Waals surface area contributed by atoms with Gasteiger partial charge in [-0.15, -0.1) is 0 Å². The molecular weight excluding hydrogens is 306 g/mol. The zero-order valence-electron chi connectivity index (χ0n) is 13.1. The maximum atomic E-state index is 5.99. The summed E-state index contributed by atoms with van der Waals surface area (Å²) < 4.78 is 2.10. The molecule has 0 radical (unpaired) electrons. The highest BCUT2D eigenvalue weighted by Gasteiger charge is 2.02. The van der Waals surface area contributed by atoms with E-state index in [1.165, 1.54) is 5.69 Å². The van der Waals surface area contributed by atoms with Crippen molar-refractivity contribution >= 4 is 29.2 Å². The predicted molar refractivity (Wildman–Crippen MR) is 98.8 cm³/mol. The van der Waals surface area contributed by atoms with Gasteiger partial charge in [0, 0.05) is 36.7 Å². The van der Waals surface area contributed by atoms with Crippen LogP contribution >= 0.6 is 11.6 Å². The summed E-state index contributed by atoms with van der Waals surface area (Å²) in [5.41, 5.74) is 4.14. The molecule has 3 nitrogen and oxygen atoms in total. The van der Waals surface area contributed by atoms with Crippen LogP contribution < -0.4 is 4.90 Å². The Balaban J connectivity index is 1.87. The van der Waals surface area contributed by atoms with E-state index in [4.69, 9.17) is 11.6 Å².